The molecule has 1 heterocycles. The van der Waals surface area contributed by atoms with Crippen molar-refractivity contribution in [1.29, 1.82) is 0 Å². The van der Waals surface area contributed by atoms with Crippen LogP contribution >= 0.6 is 0 Å². The summed E-state index contributed by atoms with van der Waals surface area (Å²) >= 11 is 0. The Hall–Kier alpha value is -1.34. The quantitative estimate of drug-likeness (QED) is 0.824. The zero-order chi connectivity index (χ0) is 13.6. The van der Waals surface area contributed by atoms with Crippen LogP contribution in [0.4, 0.5) is 19.0 Å². The van der Waals surface area contributed by atoms with Gasteiger partial charge >= 0.3 is 6.18 Å². The Balaban J connectivity index is 2.77. The number of methoxy groups -OCH3 is 1. The smallest absolute Gasteiger partial charge is 0.396 e. The van der Waals surface area contributed by atoms with E-state index in [0.29, 0.717) is 6.42 Å². The Kier molecular flexibility index (Phi) is 5.36. The standard InChI is InChI=1S/C11H15F3N2O2/c1-18-7-8(5-6-17)15-10-4-2-3-9(16-10)11(12,13)14/h2-4,8,17H,5-7H2,1H3,(H,15,16). The van der Waals surface area contributed by atoms with Gasteiger partial charge in [-0.15, -0.1) is 0 Å². The third-order valence-electron chi connectivity index (χ3n) is 2.24. The van der Waals surface area contributed by atoms with Gasteiger partial charge in [-0.25, -0.2) is 4.98 Å². The molecule has 102 valence electrons. The molecule has 0 aliphatic rings. The number of ether oxygens (including phenoxy) is 1. The number of halogens is 3. The van der Waals surface area contributed by atoms with Crippen molar-refractivity contribution in [3.63, 3.8) is 0 Å². The predicted octanol–water partition coefficient (Wildman–Crippen LogP) is 1.91. The molecule has 0 radical (unpaired) electrons. The van der Waals surface area contributed by atoms with Gasteiger partial charge in [0.05, 0.1) is 12.6 Å². The molecule has 0 saturated carbocycles. The lowest BCUT2D eigenvalue weighted by Gasteiger charge is -2.18. The molecule has 1 atom stereocenters. The fraction of sp³-hybridized carbons (Fsp3) is 0.545. The van der Waals surface area contributed by atoms with E-state index in [-0.39, 0.29) is 25.1 Å². The number of rotatable bonds is 6. The lowest BCUT2D eigenvalue weighted by Crippen LogP contribution is -2.27. The van der Waals surface area contributed by atoms with Crippen LogP contribution in [0.25, 0.3) is 0 Å². The van der Waals surface area contributed by atoms with Gasteiger partial charge in [-0.2, -0.15) is 13.2 Å². The van der Waals surface area contributed by atoms with Crippen molar-refractivity contribution >= 4 is 5.82 Å². The Morgan fingerprint density at radius 1 is 1.44 bits per heavy atom. The fourth-order valence-electron chi connectivity index (χ4n) is 1.44. The van der Waals surface area contributed by atoms with Crippen LogP contribution in [0.5, 0.6) is 0 Å². The first kappa shape index (κ1) is 14.7. The molecule has 4 nitrogen and oxygen atoms in total. The number of aromatic nitrogens is 1. The molecule has 18 heavy (non-hydrogen) atoms. The molecule has 7 heteroatoms. The number of nitrogens with zero attached hydrogens (tertiary/aromatic N) is 1. The number of aliphatic hydroxyl groups excluding tert-OH is 1. The summed E-state index contributed by atoms with van der Waals surface area (Å²) in [6, 6.07) is 3.34. The van der Waals surface area contributed by atoms with Gasteiger partial charge in [0.25, 0.3) is 0 Å². The lowest BCUT2D eigenvalue weighted by molar-refractivity contribution is -0.141. The van der Waals surface area contributed by atoms with Gasteiger partial charge in [0.2, 0.25) is 0 Å². The molecular formula is C11H15F3N2O2. The fourth-order valence-corrected chi connectivity index (χ4v) is 1.44. The van der Waals surface area contributed by atoms with E-state index in [9.17, 15) is 13.2 Å². The van der Waals surface area contributed by atoms with Gasteiger partial charge in [0.1, 0.15) is 11.5 Å². The van der Waals surface area contributed by atoms with E-state index in [1.54, 1.807) is 0 Å². The minimum absolute atomic E-state index is 0.0833. The van der Waals surface area contributed by atoms with Crippen molar-refractivity contribution in [3.05, 3.63) is 23.9 Å². The SMILES string of the molecule is COCC(CCO)Nc1cccc(C(F)(F)F)n1. The highest BCUT2D eigenvalue weighted by atomic mass is 19.4. The Morgan fingerprint density at radius 2 is 2.17 bits per heavy atom. The van der Waals surface area contributed by atoms with Crippen LogP contribution in [0.1, 0.15) is 12.1 Å². The van der Waals surface area contributed by atoms with Crippen molar-refractivity contribution in [2.45, 2.75) is 18.6 Å². The van der Waals surface area contributed by atoms with E-state index in [2.05, 4.69) is 10.3 Å². The number of anilines is 1. The minimum atomic E-state index is -4.47. The van der Waals surface area contributed by atoms with Crippen molar-refractivity contribution in [1.82, 2.24) is 4.98 Å². The average Bonchev–Trinajstić information content (AvgIpc) is 2.29. The maximum atomic E-state index is 12.4. The highest BCUT2D eigenvalue weighted by molar-refractivity contribution is 5.37. The van der Waals surface area contributed by atoms with Crippen molar-refractivity contribution in [2.75, 3.05) is 25.6 Å². The molecule has 1 rings (SSSR count). The summed E-state index contributed by atoms with van der Waals surface area (Å²) in [5.74, 6) is 0.111. The summed E-state index contributed by atoms with van der Waals surface area (Å²) < 4.78 is 42.2. The number of hydrogen-bond acceptors (Lipinski definition) is 4. The molecule has 1 aromatic rings. The van der Waals surface area contributed by atoms with Gasteiger partial charge in [0.15, 0.2) is 0 Å². The maximum absolute atomic E-state index is 12.4. The summed E-state index contributed by atoms with van der Waals surface area (Å²) in [6.07, 6.45) is -4.10. The third kappa shape index (κ3) is 4.50. The summed E-state index contributed by atoms with van der Waals surface area (Å²) in [4.78, 5) is 3.48. The zero-order valence-corrected chi connectivity index (χ0v) is 9.87. The molecule has 0 amide bonds. The Bertz CT molecular complexity index is 366. The van der Waals surface area contributed by atoms with Crippen LogP contribution in [0, 0.1) is 0 Å². The predicted molar refractivity (Wildman–Crippen MR) is 60.2 cm³/mol. The first-order chi connectivity index (χ1) is 8.47. The maximum Gasteiger partial charge on any atom is 0.433 e. The van der Waals surface area contributed by atoms with E-state index in [1.165, 1.54) is 19.2 Å². The molecule has 0 aliphatic carbocycles. The van der Waals surface area contributed by atoms with Crippen LogP contribution in [0.3, 0.4) is 0 Å². The normalized spacial score (nSPS) is 13.4. The van der Waals surface area contributed by atoms with Crippen LogP contribution in [-0.2, 0) is 10.9 Å². The number of pyridine rings is 1. The molecule has 0 bridgehead atoms. The second kappa shape index (κ2) is 6.55. The second-order valence-corrected chi connectivity index (χ2v) is 3.71. The van der Waals surface area contributed by atoms with Crippen LogP contribution in [-0.4, -0.2) is 36.5 Å². The van der Waals surface area contributed by atoms with E-state index in [0.717, 1.165) is 6.07 Å². The van der Waals surface area contributed by atoms with Crippen LogP contribution < -0.4 is 5.32 Å². The molecular weight excluding hydrogens is 249 g/mol. The minimum Gasteiger partial charge on any atom is -0.396 e. The summed E-state index contributed by atoms with van der Waals surface area (Å²) in [6.45, 7) is 0.193. The average molecular weight is 264 g/mol. The van der Waals surface area contributed by atoms with Crippen molar-refractivity contribution in [2.24, 2.45) is 0 Å². The molecule has 0 aliphatic heterocycles. The molecule has 2 N–H and O–H groups in total. The first-order valence-electron chi connectivity index (χ1n) is 5.38. The summed E-state index contributed by atoms with van der Waals surface area (Å²) in [7, 11) is 1.48. The molecule has 1 unspecified atom stereocenters. The summed E-state index contributed by atoms with van der Waals surface area (Å²) in [5, 5.41) is 11.6. The van der Waals surface area contributed by atoms with Crippen molar-refractivity contribution in [3.8, 4) is 0 Å². The Labute approximate surface area is 103 Å². The van der Waals surface area contributed by atoms with Gasteiger partial charge in [0, 0.05) is 13.7 Å². The third-order valence-corrected chi connectivity index (χ3v) is 2.24. The lowest BCUT2D eigenvalue weighted by atomic mass is 10.2. The highest BCUT2D eigenvalue weighted by Crippen LogP contribution is 2.28. The van der Waals surface area contributed by atoms with Gasteiger partial charge in [-0.05, 0) is 18.6 Å². The van der Waals surface area contributed by atoms with E-state index >= 15 is 0 Å². The number of nitrogens with one attached hydrogen (secondary N) is 1. The van der Waals surface area contributed by atoms with Gasteiger partial charge in [-0.1, -0.05) is 6.07 Å². The topological polar surface area (TPSA) is 54.4 Å². The van der Waals surface area contributed by atoms with E-state index < -0.39 is 11.9 Å². The van der Waals surface area contributed by atoms with Crippen LogP contribution in [0.15, 0.2) is 18.2 Å². The highest BCUT2D eigenvalue weighted by Gasteiger charge is 2.32. The number of alkyl halides is 3. The molecule has 1 aromatic heterocycles. The molecule has 0 spiro atoms. The molecule has 0 aromatic carbocycles. The monoisotopic (exact) mass is 264 g/mol. The van der Waals surface area contributed by atoms with E-state index in [4.69, 9.17) is 9.84 Å². The van der Waals surface area contributed by atoms with Gasteiger partial charge in [-0.3, -0.25) is 0 Å². The largest absolute Gasteiger partial charge is 0.433 e. The van der Waals surface area contributed by atoms with Crippen LogP contribution in [0.2, 0.25) is 0 Å². The van der Waals surface area contributed by atoms with Crippen molar-refractivity contribution < 1.29 is 23.0 Å². The number of aliphatic hydroxyl groups is 1. The number of hydrogen-bond donors (Lipinski definition) is 2. The zero-order valence-electron chi connectivity index (χ0n) is 9.87. The van der Waals surface area contributed by atoms with E-state index in [1.807, 2.05) is 0 Å². The molecule has 0 fully saturated rings. The second-order valence-electron chi connectivity index (χ2n) is 3.71. The van der Waals surface area contributed by atoms with Gasteiger partial charge < -0.3 is 15.2 Å². The molecule has 0 saturated heterocycles. The summed E-state index contributed by atoms with van der Waals surface area (Å²) in [5.41, 5.74) is -0.951. The first-order valence-corrected chi connectivity index (χ1v) is 5.38. The Morgan fingerprint density at radius 3 is 2.72 bits per heavy atom.